The lowest BCUT2D eigenvalue weighted by Crippen LogP contribution is -2.02. The van der Waals surface area contributed by atoms with Gasteiger partial charge in [-0.2, -0.15) is 0 Å². The number of ether oxygens (including phenoxy) is 1. The number of hydrogen-bond donors (Lipinski definition) is 1. The van der Waals surface area contributed by atoms with Crippen molar-refractivity contribution in [3.8, 4) is 11.1 Å². The number of carbonyl (C=O) groups is 1. The topological polar surface area (TPSA) is 46.5 Å². The van der Waals surface area contributed by atoms with E-state index in [0.29, 0.717) is 6.42 Å². The van der Waals surface area contributed by atoms with Crippen molar-refractivity contribution in [1.82, 2.24) is 0 Å². The molecule has 0 heterocycles. The first-order valence-electron chi connectivity index (χ1n) is 6.26. The average Bonchev–Trinajstić information content (AvgIpc) is 2.45. The van der Waals surface area contributed by atoms with Gasteiger partial charge in [-0.25, -0.2) is 4.79 Å². The Kier molecular flexibility index (Phi) is 4.56. The monoisotopic (exact) mass is 256 g/mol. The third kappa shape index (κ3) is 4.14. The van der Waals surface area contributed by atoms with Gasteiger partial charge in [0.1, 0.15) is 0 Å². The van der Waals surface area contributed by atoms with Crippen molar-refractivity contribution in [3.63, 3.8) is 0 Å². The summed E-state index contributed by atoms with van der Waals surface area (Å²) in [7, 11) is 0. The zero-order chi connectivity index (χ0) is 13.5. The molecule has 0 fully saturated rings. The Morgan fingerprint density at radius 1 is 0.947 bits per heavy atom. The third-order valence-corrected chi connectivity index (χ3v) is 2.90. The first kappa shape index (κ1) is 13.1. The molecule has 0 aliphatic carbocycles. The van der Waals surface area contributed by atoms with E-state index in [2.05, 4.69) is 41.1 Å². The summed E-state index contributed by atoms with van der Waals surface area (Å²) in [6.45, 7) is 0.246. The molecular formula is C16H16O3. The lowest BCUT2D eigenvalue weighted by Gasteiger charge is -2.04. The molecule has 0 bridgehead atoms. The van der Waals surface area contributed by atoms with Crippen LogP contribution in [0.5, 0.6) is 0 Å². The van der Waals surface area contributed by atoms with E-state index < -0.39 is 6.16 Å². The summed E-state index contributed by atoms with van der Waals surface area (Å²) in [4.78, 5) is 10.2. The van der Waals surface area contributed by atoms with Crippen LogP contribution in [-0.2, 0) is 11.2 Å². The molecule has 2 rings (SSSR count). The zero-order valence-electron chi connectivity index (χ0n) is 10.6. The van der Waals surface area contributed by atoms with Crippen molar-refractivity contribution in [2.24, 2.45) is 0 Å². The highest BCUT2D eigenvalue weighted by Gasteiger charge is 1.99. The smallest absolute Gasteiger partial charge is 0.450 e. The predicted octanol–water partition coefficient (Wildman–Crippen LogP) is 3.98. The summed E-state index contributed by atoms with van der Waals surface area (Å²) >= 11 is 0. The second-order valence-electron chi connectivity index (χ2n) is 4.28. The molecule has 0 atom stereocenters. The summed E-state index contributed by atoms with van der Waals surface area (Å²) < 4.78 is 4.47. The number of carboxylic acid groups (broad SMARTS) is 1. The minimum Gasteiger partial charge on any atom is -0.450 e. The Hall–Kier alpha value is -2.29. The highest BCUT2D eigenvalue weighted by Crippen LogP contribution is 2.19. The summed E-state index contributed by atoms with van der Waals surface area (Å²) in [5.74, 6) is 0. The normalized spacial score (nSPS) is 10.1. The fourth-order valence-electron chi connectivity index (χ4n) is 1.93. The van der Waals surface area contributed by atoms with Gasteiger partial charge >= 0.3 is 6.16 Å². The molecule has 3 nitrogen and oxygen atoms in total. The second-order valence-corrected chi connectivity index (χ2v) is 4.28. The van der Waals surface area contributed by atoms with Crippen molar-refractivity contribution >= 4 is 6.16 Å². The van der Waals surface area contributed by atoms with Crippen molar-refractivity contribution in [3.05, 3.63) is 60.2 Å². The van der Waals surface area contributed by atoms with Gasteiger partial charge in [-0.05, 0) is 29.5 Å². The van der Waals surface area contributed by atoms with Gasteiger partial charge in [0.15, 0.2) is 0 Å². The molecular weight excluding hydrogens is 240 g/mol. The first-order valence-corrected chi connectivity index (χ1v) is 6.26. The fourth-order valence-corrected chi connectivity index (χ4v) is 1.93. The molecule has 0 amide bonds. The van der Waals surface area contributed by atoms with Crippen molar-refractivity contribution in [2.45, 2.75) is 12.8 Å². The van der Waals surface area contributed by atoms with Crippen LogP contribution in [0.25, 0.3) is 11.1 Å². The van der Waals surface area contributed by atoms with Crippen LogP contribution in [0.15, 0.2) is 54.6 Å². The van der Waals surface area contributed by atoms with Crippen molar-refractivity contribution < 1.29 is 14.6 Å². The Morgan fingerprint density at radius 3 is 2.21 bits per heavy atom. The lowest BCUT2D eigenvalue weighted by atomic mass is 10.0. The lowest BCUT2D eigenvalue weighted by molar-refractivity contribution is 0.0907. The molecule has 0 spiro atoms. The van der Waals surface area contributed by atoms with Crippen LogP contribution < -0.4 is 0 Å². The highest BCUT2D eigenvalue weighted by molar-refractivity contribution is 5.63. The molecule has 2 aromatic carbocycles. The molecule has 0 saturated heterocycles. The molecule has 0 saturated carbocycles. The minimum absolute atomic E-state index is 0.246. The summed E-state index contributed by atoms with van der Waals surface area (Å²) in [6.07, 6.45) is 0.318. The van der Waals surface area contributed by atoms with E-state index in [-0.39, 0.29) is 6.61 Å². The molecule has 0 unspecified atom stereocenters. The highest BCUT2D eigenvalue weighted by atomic mass is 16.7. The van der Waals surface area contributed by atoms with E-state index in [1.165, 1.54) is 16.7 Å². The molecule has 3 heteroatoms. The average molecular weight is 256 g/mol. The number of benzene rings is 2. The van der Waals surface area contributed by atoms with Crippen LogP contribution in [0.2, 0.25) is 0 Å². The van der Waals surface area contributed by atoms with Crippen LogP contribution in [0.1, 0.15) is 12.0 Å². The van der Waals surface area contributed by atoms with Crippen LogP contribution in [0, 0.1) is 0 Å². The van der Waals surface area contributed by atoms with Crippen LogP contribution in [-0.4, -0.2) is 17.9 Å². The van der Waals surface area contributed by atoms with Gasteiger partial charge in [0.25, 0.3) is 0 Å². The quantitative estimate of drug-likeness (QED) is 0.650. The minimum atomic E-state index is -1.21. The number of aryl methyl sites for hydroxylation is 1. The second kappa shape index (κ2) is 6.59. The first-order chi connectivity index (χ1) is 9.25. The summed E-state index contributed by atoms with van der Waals surface area (Å²) in [6, 6.07) is 18.5. The molecule has 19 heavy (non-hydrogen) atoms. The Balaban J connectivity index is 1.90. The Bertz CT molecular complexity index is 517. The van der Waals surface area contributed by atoms with Gasteiger partial charge in [0.2, 0.25) is 0 Å². The van der Waals surface area contributed by atoms with E-state index in [1.807, 2.05) is 18.2 Å². The maximum absolute atomic E-state index is 10.2. The zero-order valence-corrected chi connectivity index (χ0v) is 10.6. The Labute approximate surface area is 112 Å². The SMILES string of the molecule is O=C(O)OCCCc1ccc(-c2ccccc2)cc1. The van der Waals surface area contributed by atoms with Crippen LogP contribution in [0.3, 0.4) is 0 Å². The number of rotatable bonds is 5. The van der Waals surface area contributed by atoms with Crippen molar-refractivity contribution in [2.75, 3.05) is 6.61 Å². The van der Waals surface area contributed by atoms with Crippen LogP contribution >= 0.6 is 0 Å². The largest absolute Gasteiger partial charge is 0.505 e. The molecule has 0 radical (unpaired) electrons. The van der Waals surface area contributed by atoms with Crippen LogP contribution in [0.4, 0.5) is 4.79 Å². The van der Waals surface area contributed by atoms with E-state index in [0.717, 1.165) is 6.42 Å². The summed E-state index contributed by atoms with van der Waals surface area (Å²) in [5, 5.41) is 8.35. The molecule has 0 aliphatic rings. The standard InChI is InChI=1S/C16H16O3/c17-16(18)19-12-4-5-13-8-10-15(11-9-13)14-6-2-1-3-7-14/h1-3,6-11H,4-5,12H2,(H,17,18). The van der Waals surface area contributed by atoms with Gasteiger partial charge in [0.05, 0.1) is 6.61 Å². The van der Waals surface area contributed by atoms with Gasteiger partial charge in [-0.1, -0.05) is 54.6 Å². The summed E-state index contributed by atoms with van der Waals surface area (Å²) in [5.41, 5.74) is 3.57. The van der Waals surface area contributed by atoms with Gasteiger partial charge < -0.3 is 9.84 Å². The van der Waals surface area contributed by atoms with E-state index in [9.17, 15) is 4.79 Å². The molecule has 0 aromatic heterocycles. The fraction of sp³-hybridized carbons (Fsp3) is 0.188. The number of hydrogen-bond acceptors (Lipinski definition) is 2. The Morgan fingerprint density at radius 2 is 1.58 bits per heavy atom. The maximum Gasteiger partial charge on any atom is 0.505 e. The molecule has 1 N–H and O–H groups in total. The van der Waals surface area contributed by atoms with Gasteiger partial charge in [-0.15, -0.1) is 0 Å². The van der Waals surface area contributed by atoms with E-state index >= 15 is 0 Å². The van der Waals surface area contributed by atoms with E-state index in [4.69, 9.17) is 5.11 Å². The molecule has 98 valence electrons. The van der Waals surface area contributed by atoms with Gasteiger partial charge in [-0.3, -0.25) is 0 Å². The molecule has 2 aromatic rings. The van der Waals surface area contributed by atoms with Crippen molar-refractivity contribution in [1.29, 1.82) is 0 Å². The third-order valence-electron chi connectivity index (χ3n) is 2.90. The van der Waals surface area contributed by atoms with E-state index in [1.54, 1.807) is 0 Å². The van der Waals surface area contributed by atoms with Gasteiger partial charge in [0, 0.05) is 0 Å². The molecule has 0 aliphatic heterocycles. The predicted molar refractivity (Wildman–Crippen MR) is 74.2 cm³/mol. The maximum atomic E-state index is 10.2.